The van der Waals surface area contributed by atoms with Crippen LogP contribution in [0.3, 0.4) is 0 Å². The normalized spacial score (nSPS) is 14.1. The first kappa shape index (κ1) is 20.6. The maximum absolute atomic E-state index is 4.37. The molecule has 1 aliphatic heterocycles. The number of rotatable bonds is 6. The second kappa shape index (κ2) is 11.1. The van der Waals surface area contributed by atoms with Gasteiger partial charge in [0, 0.05) is 57.8 Å². The zero-order valence-electron chi connectivity index (χ0n) is 15.3. The number of nitrogens with zero attached hydrogens (tertiary/aromatic N) is 5. The molecule has 8 heteroatoms. The lowest BCUT2D eigenvalue weighted by atomic mass is 10.2. The lowest BCUT2D eigenvalue weighted by molar-refractivity contribution is 0.600. The lowest BCUT2D eigenvalue weighted by Crippen LogP contribution is -2.39. The maximum atomic E-state index is 4.37. The molecule has 0 aliphatic carbocycles. The van der Waals surface area contributed by atoms with Gasteiger partial charge >= 0.3 is 0 Å². The van der Waals surface area contributed by atoms with Crippen molar-refractivity contribution in [3.8, 4) is 0 Å². The standard InChI is InChI=1S/C18H27N7.HI/c1-19-18(21-12-9-15-7-4-5-11-20-15)22-13-10-17-24-23-16-8-3-2-6-14-25(16)17;/h4-5,7,11H,2-3,6,8-10,12-14H2,1H3,(H2,19,21,22);1H. The van der Waals surface area contributed by atoms with Crippen molar-refractivity contribution in [2.75, 3.05) is 20.1 Å². The summed E-state index contributed by atoms with van der Waals surface area (Å²) in [6, 6.07) is 5.98. The number of fused-ring (bicyclic) bond motifs is 1. The molecule has 0 unspecified atom stereocenters. The molecule has 0 atom stereocenters. The zero-order chi connectivity index (χ0) is 17.3. The fraction of sp³-hybridized carbons (Fsp3) is 0.556. The Bertz CT molecular complexity index is 684. The molecule has 26 heavy (non-hydrogen) atoms. The zero-order valence-corrected chi connectivity index (χ0v) is 17.6. The van der Waals surface area contributed by atoms with Crippen LogP contribution >= 0.6 is 24.0 Å². The molecule has 0 saturated carbocycles. The Morgan fingerprint density at radius 3 is 2.73 bits per heavy atom. The van der Waals surface area contributed by atoms with Gasteiger partial charge in [0.1, 0.15) is 11.6 Å². The fourth-order valence-corrected chi connectivity index (χ4v) is 3.10. The average molecular weight is 469 g/mol. The van der Waals surface area contributed by atoms with Gasteiger partial charge in [0.2, 0.25) is 0 Å². The molecule has 0 bridgehead atoms. The molecule has 0 radical (unpaired) electrons. The van der Waals surface area contributed by atoms with Crippen LogP contribution in [0.1, 0.15) is 36.6 Å². The van der Waals surface area contributed by atoms with Crippen LogP contribution in [0.25, 0.3) is 0 Å². The second-order valence-electron chi connectivity index (χ2n) is 6.24. The van der Waals surface area contributed by atoms with Crippen molar-refractivity contribution in [1.82, 2.24) is 30.4 Å². The minimum atomic E-state index is 0. The Balaban J connectivity index is 0.00000243. The van der Waals surface area contributed by atoms with Crippen LogP contribution in [0.5, 0.6) is 0 Å². The fourth-order valence-electron chi connectivity index (χ4n) is 3.10. The molecule has 2 aromatic rings. The molecular formula is C18H28IN7. The SMILES string of the molecule is CN=C(NCCc1ccccn1)NCCc1nnc2n1CCCCC2.I. The summed E-state index contributed by atoms with van der Waals surface area (Å²) in [6.45, 7) is 2.65. The van der Waals surface area contributed by atoms with Gasteiger partial charge < -0.3 is 15.2 Å². The number of aromatic nitrogens is 4. The Labute approximate surface area is 172 Å². The number of hydrogen-bond donors (Lipinski definition) is 2. The predicted octanol–water partition coefficient (Wildman–Crippen LogP) is 1.97. The van der Waals surface area contributed by atoms with Gasteiger partial charge in [0.25, 0.3) is 0 Å². The van der Waals surface area contributed by atoms with Gasteiger partial charge in [-0.2, -0.15) is 0 Å². The van der Waals surface area contributed by atoms with Crippen molar-refractivity contribution in [3.63, 3.8) is 0 Å². The minimum absolute atomic E-state index is 0. The molecule has 142 valence electrons. The predicted molar refractivity (Wildman–Crippen MR) is 114 cm³/mol. The van der Waals surface area contributed by atoms with Crippen LogP contribution in [-0.4, -0.2) is 45.8 Å². The van der Waals surface area contributed by atoms with E-state index < -0.39 is 0 Å². The van der Waals surface area contributed by atoms with E-state index in [-0.39, 0.29) is 24.0 Å². The van der Waals surface area contributed by atoms with E-state index in [4.69, 9.17) is 0 Å². The van der Waals surface area contributed by atoms with Gasteiger partial charge in [-0.25, -0.2) is 0 Å². The van der Waals surface area contributed by atoms with Gasteiger partial charge in [-0.05, 0) is 25.0 Å². The third kappa shape index (κ3) is 5.93. The van der Waals surface area contributed by atoms with Crippen molar-refractivity contribution in [2.45, 2.75) is 45.1 Å². The van der Waals surface area contributed by atoms with Gasteiger partial charge in [-0.1, -0.05) is 12.5 Å². The highest BCUT2D eigenvalue weighted by Gasteiger charge is 2.14. The summed E-state index contributed by atoms with van der Waals surface area (Å²) in [4.78, 5) is 8.60. The molecule has 2 N–H and O–H groups in total. The summed E-state index contributed by atoms with van der Waals surface area (Å²) in [5, 5.41) is 15.4. The number of nitrogens with one attached hydrogen (secondary N) is 2. The molecule has 0 fully saturated rings. The van der Waals surface area contributed by atoms with Crippen LogP contribution in [0.4, 0.5) is 0 Å². The van der Waals surface area contributed by atoms with E-state index in [1.165, 1.54) is 19.3 Å². The molecule has 0 saturated heterocycles. The summed E-state index contributed by atoms with van der Waals surface area (Å²) >= 11 is 0. The Hall–Kier alpha value is -1.71. The van der Waals surface area contributed by atoms with Crippen molar-refractivity contribution < 1.29 is 0 Å². The molecule has 0 spiro atoms. The van der Waals surface area contributed by atoms with E-state index in [2.05, 4.69) is 35.4 Å². The molecule has 0 amide bonds. The third-order valence-corrected chi connectivity index (χ3v) is 4.45. The van der Waals surface area contributed by atoms with Crippen molar-refractivity contribution in [1.29, 1.82) is 0 Å². The summed E-state index contributed by atoms with van der Waals surface area (Å²) < 4.78 is 2.30. The van der Waals surface area contributed by atoms with Crippen LogP contribution in [-0.2, 0) is 25.8 Å². The van der Waals surface area contributed by atoms with Gasteiger partial charge in [-0.3, -0.25) is 9.98 Å². The number of halogens is 1. The third-order valence-electron chi connectivity index (χ3n) is 4.45. The summed E-state index contributed by atoms with van der Waals surface area (Å²) in [7, 11) is 1.79. The summed E-state index contributed by atoms with van der Waals surface area (Å²) in [5.74, 6) is 3.03. The lowest BCUT2D eigenvalue weighted by Gasteiger charge is -2.12. The monoisotopic (exact) mass is 469 g/mol. The Morgan fingerprint density at radius 2 is 1.96 bits per heavy atom. The van der Waals surface area contributed by atoms with Crippen LogP contribution in [0.2, 0.25) is 0 Å². The van der Waals surface area contributed by atoms with Crippen molar-refractivity contribution >= 4 is 29.9 Å². The van der Waals surface area contributed by atoms with Gasteiger partial charge in [0.05, 0.1) is 0 Å². The molecule has 3 heterocycles. The van der Waals surface area contributed by atoms with E-state index in [1.54, 1.807) is 7.05 Å². The van der Waals surface area contributed by atoms with Gasteiger partial charge in [-0.15, -0.1) is 34.2 Å². The molecule has 7 nitrogen and oxygen atoms in total. The minimum Gasteiger partial charge on any atom is -0.356 e. The van der Waals surface area contributed by atoms with E-state index in [0.29, 0.717) is 0 Å². The highest BCUT2D eigenvalue weighted by Crippen LogP contribution is 2.14. The number of hydrogen-bond acceptors (Lipinski definition) is 4. The Morgan fingerprint density at radius 1 is 1.12 bits per heavy atom. The molecular weight excluding hydrogens is 441 g/mol. The highest BCUT2D eigenvalue weighted by atomic mass is 127. The summed E-state index contributed by atoms with van der Waals surface area (Å²) in [5.41, 5.74) is 1.08. The molecule has 2 aromatic heterocycles. The second-order valence-corrected chi connectivity index (χ2v) is 6.24. The number of pyridine rings is 1. The first-order valence-electron chi connectivity index (χ1n) is 9.12. The van der Waals surface area contributed by atoms with Crippen molar-refractivity contribution in [2.24, 2.45) is 4.99 Å². The quantitative estimate of drug-likeness (QED) is 0.384. The smallest absolute Gasteiger partial charge is 0.191 e. The van der Waals surface area contributed by atoms with E-state index in [9.17, 15) is 0 Å². The molecule has 1 aliphatic rings. The topological polar surface area (TPSA) is 80.0 Å². The van der Waals surface area contributed by atoms with E-state index >= 15 is 0 Å². The molecule has 3 rings (SSSR count). The van der Waals surface area contributed by atoms with Crippen molar-refractivity contribution in [3.05, 3.63) is 41.7 Å². The van der Waals surface area contributed by atoms with Gasteiger partial charge in [0.15, 0.2) is 5.96 Å². The molecule has 0 aromatic carbocycles. The van der Waals surface area contributed by atoms with E-state index in [1.807, 2.05) is 24.4 Å². The highest BCUT2D eigenvalue weighted by molar-refractivity contribution is 14.0. The number of aryl methyl sites for hydroxylation is 1. The van der Waals surface area contributed by atoms with Crippen LogP contribution in [0, 0.1) is 0 Å². The van der Waals surface area contributed by atoms with E-state index in [0.717, 1.165) is 62.2 Å². The average Bonchev–Trinajstić information content (AvgIpc) is 2.88. The maximum Gasteiger partial charge on any atom is 0.191 e. The summed E-state index contributed by atoms with van der Waals surface area (Å²) in [6.07, 6.45) is 8.34. The largest absolute Gasteiger partial charge is 0.356 e. The van der Waals surface area contributed by atoms with Crippen LogP contribution < -0.4 is 10.6 Å². The first-order valence-corrected chi connectivity index (χ1v) is 9.12. The first-order chi connectivity index (χ1) is 12.4. The van der Waals surface area contributed by atoms with Crippen LogP contribution in [0.15, 0.2) is 29.4 Å². The number of guanidine groups is 1. The Kier molecular flexibility index (Phi) is 8.79. The number of aliphatic imine (C=N–C) groups is 1.